The van der Waals surface area contributed by atoms with Gasteiger partial charge in [0.05, 0.1) is 6.61 Å². The van der Waals surface area contributed by atoms with Crippen molar-refractivity contribution in [2.45, 2.75) is 26.3 Å². The van der Waals surface area contributed by atoms with Gasteiger partial charge in [0.25, 0.3) is 0 Å². The number of pyridine rings is 2. The van der Waals surface area contributed by atoms with Gasteiger partial charge in [-0.3, -0.25) is 0 Å². The van der Waals surface area contributed by atoms with Gasteiger partial charge in [-0.15, -0.1) is 0 Å². The zero-order valence-corrected chi connectivity index (χ0v) is 14.4. The standard InChI is InChI=1S/C18H23N5O2/c1-2-25-17-15(6-5-9-19-17)22-18(24)21-13-14-7-8-16(20-12-14)23-10-3-4-11-23/h5-9,12H,2-4,10-11,13H2,1H3,(H2,21,22,24). The van der Waals surface area contributed by atoms with Crippen molar-refractivity contribution in [3.63, 3.8) is 0 Å². The Kier molecular flexibility index (Phi) is 5.66. The number of hydrogen-bond donors (Lipinski definition) is 2. The molecule has 2 amide bonds. The number of amides is 2. The molecule has 2 aromatic rings. The summed E-state index contributed by atoms with van der Waals surface area (Å²) in [5, 5.41) is 5.57. The van der Waals surface area contributed by atoms with Gasteiger partial charge in [-0.05, 0) is 43.5 Å². The molecule has 0 unspecified atom stereocenters. The summed E-state index contributed by atoms with van der Waals surface area (Å²) in [7, 11) is 0. The zero-order chi connectivity index (χ0) is 17.5. The summed E-state index contributed by atoms with van der Waals surface area (Å²) in [5.74, 6) is 1.42. The van der Waals surface area contributed by atoms with Crippen molar-refractivity contribution in [2.24, 2.45) is 0 Å². The predicted molar refractivity (Wildman–Crippen MR) is 96.9 cm³/mol. The first-order chi connectivity index (χ1) is 12.3. The lowest BCUT2D eigenvalue weighted by atomic mass is 10.3. The molecule has 2 aromatic heterocycles. The lowest BCUT2D eigenvalue weighted by Crippen LogP contribution is -2.28. The molecule has 7 nitrogen and oxygen atoms in total. The highest BCUT2D eigenvalue weighted by atomic mass is 16.5. The van der Waals surface area contributed by atoms with Crippen LogP contribution in [0.1, 0.15) is 25.3 Å². The summed E-state index contributed by atoms with van der Waals surface area (Å²) in [5.41, 5.74) is 1.50. The Labute approximate surface area is 147 Å². The van der Waals surface area contributed by atoms with Crippen LogP contribution in [0.15, 0.2) is 36.7 Å². The highest BCUT2D eigenvalue weighted by molar-refractivity contribution is 5.90. The van der Waals surface area contributed by atoms with Gasteiger partial charge in [0.1, 0.15) is 11.5 Å². The number of carbonyl (C=O) groups excluding carboxylic acids is 1. The maximum atomic E-state index is 12.1. The van der Waals surface area contributed by atoms with Crippen LogP contribution in [0.3, 0.4) is 0 Å². The molecule has 0 saturated carbocycles. The first-order valence-electron chi connectivity index (χ1n) is 8.59. The van der Waals surface area contributed by atoms with Crippen molar-refractivity contribution in [3.05, 3.63) is 42.2 Å². The van der Waals surface area contributed by atoms with Crippen LogP contribution in [0, 0.1) is 0 Å². The Hall–Kier alpha value is -2.83. The Morgan fingerprint density at radius 3 is 2.80 bits per heavy atom. The molecular formula is C18H23N5O2. The predicted octanol–water partition coefficient (Wildman–Crippen LogP) is 2.80. The molecule has 1 aliphatic rings. The Bertz CT molecular complexity index is 699. The van der Waals surface area contributed by atoms with Crippen LogP contribution in [0.25, 0.3) is 0 Å². The van der Waals surface area contributed by atoms with E-state index >= 15 is 0 Å². The molecule has 2 N–H and O–H groups in total. The highest BCUT2D eigenvalue weighted by Gasteiger charge is 2.13. The minimum atomic E-state index is -0.308. The lowest BCUT2D eigenvalue weighted by molar-refractivity contribution is 0.251. The molecule has 0 aliphatic carbocycles. The van der Waals surface area contributed by atoms with Crippen molar-refractivity contribution >= 4 is 17.5 Å². The minimum Gasteiger partial charge on any atom is -0.476 e. The minimum absolute atomic E-state index is 0.308. The summed E-state index contributed by atoms with van der Waals surface area (Å²) in [6, 6.07) is 7.20. The van der Waals surface area contributed by atoms with E-state index in [0.717, 1.165) is 24.5 Å². The molecule has 3 rings (SSSR count). The van der Waals surface area contributed by atoms with E-state index in [2.05, 4.69) is 25.5 Å². The molecule has 25 heavy (non-hydrogen) atoms. The third kappa shape index (κ3) is 4.59. The van der Waals surface area contributed by atoms with Gasteiger partial charge in [0.2, 0.25) is 5.88 Å². The number of carbonyl (C=O) groups is 1. The van der Waals surface area contributed by atoms with E-state index in [4.69, 9.17) is 4.74 Å². The highest BCUT2D eigenvalue weighted by Crippen LogP contribution is 2.20. The zero-order valence-electron chi connectivity index (χ0n) is 14.4. The van der Waals surface area contributed by atoms with E-state index in [1.165, 1.54) is 12.8 Å². The van der Waals surface area contributed by atoms with Crippen LogP contribution in [0.5, 0.6) is 5.88 Å². The van der Waals surface area contributed by atoms with Crippen molar-refractivity contribution in [2.75, 3.05) is 29.9 Å². The van der Waals surface area contributed by atoms with Gasteiger partial charge >= 0.3 is 6.03 Å². The number of urea groups is 1. The molecule has 1 aliphatic heterocycles. The van der Waals surface area contributed by atoms with Crippen LogP contribution in [0.4, 0.5) is 16.3 Å². The number of ether oxygens (including phenoxy) is 1. The van der Waals surface area contributed by atoms with Crippen LogP contribution in [0.2, 0.25) is 0 Å². The topological polar surface area (TPSA) is 79.4 Å². The average Bonchev–Trinajstić information content (AvgIpc) is 3.17. The van der Waals surface area contributed by atoms with Gasteiger partial charge in [0.15, 0.2) is 0 Å². The molecule has 7 heteroatoms. The van der Waals surface area contributed by atoms with E-state index in [-0.39, 0.29) is 6.03 Å². The normalized spacial score (nSPS) is 13.6. The lowest BCUT2D eigenvalue weighted by Gasteiger charge is -2.16. The van der Waals surface area contributed by atoms with E-state index in [1.807, 2.05) is 25.3 Å². The second kappa shape index (κ2) is 8.32. The maximum absolute atomic E-state index is 12.1. The van der Waals surface area contributed by atoms with Crippen molar-refractivity contribution in [1.82, 2.24) is 15.3 Å². The quantitative estimate of drug-likeness (QED) is 0.844. The molecule has 1 fully saturated rings. The number of anilines is 2. The van der Waals surface area contributed by atoms with E-state index in [9.17, 15) is 4.79 Å². The van der Waals surface area contributed by atoms with E-state index in [1.54, 1.807) is 18.3 Å². The fourth-order valence-electron chi connectivity index (χ4n) is 2.74. The maximum Gasteiger partial charge on any atom is 0.319 e. The van der Waals surface area contributed by atoms with E-state index < -0.39 is 0 Å². The summed E-state index contributed by atoms with van der Waals surface area (Å²) in [4.78, 5) is 23.0. The van der Waals surface area contributed by atoms with Gasteiger partial charge in [0, 0.05) is 32.0 Å². The molecular weight excluding hydrogens is 318 g/mol. The number of nitrogens with one attached hydrogen (secondary N) is 2. The van der Waals surface area contributed by atoms with Gasteiger partial charge in [-0.25, -0.2) is 14.8 Å². The summed E-state index contributed by atoms with van der Waals surface area (Å²) >= 11 is 0. The second-order valence-electron chi connectivity index (χ2n) is 5.82. The monoisotopic (exact) mass is 341 g/mol. The SMILES string of the molecule is CCOc1ncccc1NC(=O)NCc1ccc(N2CCCC2)nc1. The summed E-state index contributed by atoms with van der Waals surface area (Å²) < 4.78 is 5.39. The Balaban J connectivity index is 1.52. The molecule has 0 aromatic carbocycles. The van der Waals surface area contributed by atoms with Crippen LogP contribution in [-0.4, -0.2) is 35.7 Å². The van der Waals surface area contributed by atoms with Crippen LogP contribution in [-0.2, 0) is 6.54 Å². The van der Waals surface area contributed by atoms with Crippen molar-refractivity contribution in [3.8, 4) is 5.88 Å². The van der Waals surface area contributed by atoms with Gasteiger partial charge in [-0.1, -0.05) is 6.07 Å². The third-order valence-electron chi connectivity index (χ3n) is 3.99. The van der Waals surface area contributed by atoms with Crippen LogP contribution >= 0.6 is 0 Å². The Morgan fingerprint density at radius 2 is 2.08 bits per heavy atom. The second-order valence-corrected chi connectivity index (χ2v) is 5.82. The molecule has 0 atom stereocenters. The largest absolute Gasteiger partial charge is 0.476 e. The van der Waals surface area contributed by atoms with Crippen molar-refractivity contribution in [1.29, 1.82) is 0 Å². The molecule has 0 bridgehead atoms. The fraction of sp³-hybridized carbons (Fsp3) is 0.389. The average molecular weight is 341 g/mol. The molecule has 0 spiro atoms. The van der Waals surface area contributed by atoms with Gasteiger partial charge < -0.3 is 20.3 Å². The number of nitrogens with zero attached hydrogens (tertiary/aromatic N) is 3. The smallest absolute Gasteiger partial charge is 0.319 e. The molecule has 3 heterocycles. The number of aromatic nitrogens is 2. The number of rotatable bonds is 6. The Morgan fingerprint density at radius 1 is 1.24 bits per heavy atom. The van der Waals surface area contributed by atoms with E-state index in [0.29, 0.717) is 24.7 Å². The number of hydrogen-bond acceptors (Lipinski definition) is 5. The summed E-state index contributed by atoms with van der Waals surface area (Å²) in [6.07, 6.45) is 5.89. The van der Waals surface area contributed by atoms with Crippen molar-refractivity contribution < 1.29 is 9.53 Å². The molecule has 0 radical (unpaired) electrons. The van der Waals surface area contributed by atoms with Gasteiger partial charge in [-0.2, -0.15) is 0 Å². The summed E-state index contributed by atoms with van der Waals surface area (Å²) in [6.45, 7) is 4.91. The third-order valence-corrected chi connectivity index (χ3v) is 3.99. The van der Waals surface area contributed by atoms with Crippen LogP contribution < -0.4 is 20.3 Å². The first kappa shape index (κ1) is 17.0. The fourth-order valence-corrected chi connectivity index (χ4v) is 2.74. The molecule has 1 saturated heterocycles. The first-order valence-corrected chi connectivity index (χ1v) is 8.59. The molecule has 132 valence electrons.